The summed E-state index contributed by atoms with van der Waals surface area (Å²) in [6.07, 6.45) is 4.02. The molecule has 15 heavy (non-hydrogen) atoms. The highest BCUT2D eigenvalue weighted by Gasteiger charge is 2.11. The molecule has 0 N–H and O–H groups in total. The van der Waals surface area contributed by atoms with Crippen LogP contribution in [-0.2, 0) is 6.54 Å². The quantitative estimate of drug-likeness (QED) is 0.690. The Morgan fingerprint density at radius 2 is 1.73 bits per heavy atom. The van der Waals surface area contributed by atoms with E-state index >= 15 is 0 Å². The van der Waals surface area contributed by atoms with Crippen molar-refractivity contribution in [2.24, 2.45) is 0 Å². The molecule has 1 aromatic rings. The first kappa shape index (κ1) is 10.1. The molecule has 0 atom stereocenters. The number of piperidine rings is 1. The summed E-state index contributed by atoms with van der Waals surface area (Å²) < 4.78 is 0. The van der Waals surface area contributed by atoms with Crippen LogP contribution < -0.4 is 0 Å². The Morgan fingerprint density at radius 1 is 1.07 bits per heavy atom. The molecular formula is C12H16N3+. The summed E-state index contributed by atoms with van der Waals surface area (Å²) in [5, 5.41) is 8.56. The average Bonchev–Trinajstić information content (AvgIpc) is 2.31. The van der Waals surface area contributed by atoms with Gasteiger partial charge in [-0.1, -0.05) is 6.42 Å². The highest BCUT2D eigenvalue weighted by Crippen LogP contribution is 2.16. The van der Waals surface area contributed by atoms with Crippen LogP contribution in [0.3, 0.4) is 0 Å². The molecule has 1 fully saturated rings. The topological polar surface area (TPSA) is 31.4 Å². The second kappa shape index (κ2) is 4.90. The number of rotatable bonds is 2. The lowest BCUT2D eigenvalue weighted by atomic mass is 10.1. The van der Waals surface area contributed by atoms with Gasteiger partial charge in [-0.2, -0.15) is 0 Å². The first-order valence-corrected chi connectivity index (χ1v) is 5.55. The molecule has 3 nitrogen and oxygen atoms in total. The van der Waals surface area contributed by atoms with Crippen molar-refractivity contribution < 1.29 is 0 Å². The predicted molar refractivity (Wildman–Crippen MR) is 60.3 cm³/mol. The van der Waals surface area contributed by atoms with E-state index < -0.39 is 0 Å². The average molecular weight is 202 g/mol. The van der Waals surface area contributed by atoms with Crippen LogP contribution in [0.4, 0.5) is 5.69 Å². The highest BCUT2D eigenvalue weighted by molar-refractivity contribution is 5.44. The van der Waals surface area contributed by atoms with E-state index in [2.05, 4.69) is 9.88 Å². The predicted octanol–water partition coefficient (Wildman–Crippen LogP) is 3.16. The molecule has 0 amide bonds. The minimum atomic E-state index is 0.623. The Kier molecular flexibility index (Phi) is 3.31. The van der Waals surface area contributed by atoms with Crippen molar-refractivity contribution in [2.75, 3.05) is 13.1 Å². The number of hydrogen-bond acceptors (Lipinski definition) is 2. The molecule has 0 radical (unpaired) electrons. The number of diazo groups is 1. The number of likely N-dealkylation sites (tertiary alicyclic amines) is 1. The van der Waals surface area contributed by atoms with E-state index in [-0.39, 0.29) is 0 Å². The van der Waals surface area contributed by atoms with E-state index in [1.165, 1.54) is 37.9 Å². The van der Waals surface area contributed by atoms with Crippen molar-refractivity contribution in [3.8, 4) is 0 Å². The highest BCUT2D eigenvalue weighted by atomic mass is 15.1. The van der Waals surface area contributed by atoms with Gasteiger partial charge in [0.15, 0.2) is 4.98 Å². The van der Waals surface area contributed by atoms with E-state index in [0.717, 1.165) is 6.54 Å². The largest absolute Gasteiger partial charge is 0.385 e. The maximum absolute atomic E-state index is 8.56. The standard InChI is InChI=1S/C12H16N3/c13-14-12-6-4-11(5-7-12)10-15-8-2-1-3-9-15/h4-7H,1-3,8-10H2/q+1. The van der Waals surface area contributed by atoms with Gasteiger partial charge >= 0.3 is 5.69 Å². The Morgan fingerprint density at radius 3 is 2.33 bits per heavy atom. The second-order valence-electron chi connectivity index (χ2n) is 4.10. The molecule has 1 aliphatic heterocycles. The summed E-state index contributed by atoms with van der Waals surface area (Å²) in [5.74, 6) is 0. The molecule has 0 aliphatic carbocycles. The SMILES string of the molecule is N#[N+]c1ccc(CN2CCCCC2)cc1. The van der Waals surface area contributed by atoms with Gasteiger partial charge in [0, 0.05) is 18.7 Å². The smallest absolute Gasteiger partial charge is 0.299 e. The van der Waals surface area contributed by atoms with Gasteiger partial charge in [0.2, 0.25) is 5.39 Å². The fourth-order valence-electron chi connectivity index (χ4n) is 2.04. The van der Waals surface area contributed by atoms with Gasteiger partial charge in [0.05, 0.1) is 0 Å². The zero-order valence-corrected chi connectivity index (χ0v) is 8.89. The molecule has 1 aromatic carbocycles. The van der Waals surface area contributed by atoms with Crippen LogP contribution in [0.25, 0.3) is 4.98 Å². The van der Waals surface area contributed by atoms with Crippen molar-refractivity contribution in [1.82, 2.24) is 4.90 Å². The molecule has 0 saturated carbocycles. The monoisotopic (exact) mass is 202 g/mol. The van der Waals surface area contributed by atoms with E-state index in [0.29, 0.717) is 5.69 Å². The maximum atomic E-state index is 8.56. The summed E-state index contributed by atoms with van der Waals surface area (Å²) in [4.78, 5) is 5.63. The fourth-order valence-corrected chi connectivity index (χ4v) is 2.04. The fraction of sp³-hybridized carbons (Fsp3) is 0.500. The second-order valence-corrected chi connectivity index (χ2v) is 4.10. The van der Waals surface area contributed by atoms with Gasteiger partial charge < -0.3 is 0 Å². The van der Waals surface area contributed by atoms with Crippen LogP contribution in [0.15, 0.2) is 24.3 Å². The lowest BCUT2D eigenvalue weighted by Crippen LogP contribution is -2.28. The summed E-state index contributed by atoms with van der Waals surface area (Å²) in [6, 6.07) is 7.76. The molecule has 2 rings (SSSR count). The van der Waals surface area contributed by atoms with Crippen LogP contribution in [0.2, 0.25) is 0 Å². The lowest BCUT2D eigenvalue weighted by Gasteiger charge is -2.26. The third kappa shape index (κ3) is 2.77. The minimum Gasteiger partial charge on any atom is -0.299 e. The van der Waals surface area contributed by atoms with Crippen molar-refractivity contribution in [1.29, 1.82) is 5.39 Å². The number of hydrogen-bond donors (Lipinski definition) is 0. The Labute approximate surface area is 90.3 Å². The van der Waals surface area contributed by atoms with Crippen LogP contribution in [0, 0.1) is 5.39 Å². The van der Waals surface area contributed by atoms with E-state index in [1.54, 1.807) is 0 Å². The van der Waals surface area contributed by atoms with Gasteiger partial charge in [-0.25, -0.2) is 0 Å². The van der Waals surface area contributed by atoms with Crippen molar-refractivity contribution in [3.63, 3.8) is 0 Å². The van der Waals surface area contributed by atoms with Crippen LogP contribution in [0.1, 0.15) is 24.8 Å². The first-order chi connectivity index (χ1) is 7.38. The third-order valence-corrected chi connectivity index (χ3v) is 2.91. The number of nitrogens with zero attached hydrogens (tertiary/aromatic N) is 3. The first-order valence-electron chi connectivity index (χ1n) is 5.55. The Bertz CT molecular complexity index is 344. The molecule has 78 valence electrons. The Hall–Kier alpha value is -1.40. The summed E-state index contributed by atoms with van der Waals surface area (Å²) in [7, 11) is 0. The Balaban J connectivity index is 1.95. The van der Waals surface area contributed by atoms with Gasteiger partial charge in [-0.3, -0.25) is 4.90 Å². The molecule has 1 heterocycles. The van der Waals surface area contributed by atoms with Gasteiger partial charge in [-0.15, -0.1) is 0 Å². The van der Waals surface area contributed by atoms with Crippen LogP contribution in [-0.4, -0.2) is 18.0 Å². The molecule has 1 saturated heterocycles. The van der Waals surface area contributed by atoms with E-state index in [4.69, 9.17) is 5.39 Å². The summed E-state index contributed by atoms with van der Waals surface area (Å²) >= 11 is 0. The molecule has 3 heteroatoms. The van der Waals surface area contributed by atoms with Gasteiger partial charge in [0.25, 0.3) is 0 Å². The third-order valence-electron chi connectivity index (χ3n) is 2.91. The molecule has 0 spiro atoms. The zero-order valence-electron chi connectivity index (χ0n) is 8.89. The van der Waals surface area contributed by atoms with Crippen molar-refractivity contribution >= 4 is 5.69 Å². The molecule has 0 bridgehead atoms. The zero-order chi connectivity index (χ0) is 10.5. The van der Waals surface area contributed by atoms with Crippen LogP contribution in [0.5, 0.6) is 0 Å². The summed E-state index contributed by atoms with van der Waals surface area (Å²) in [5.41, 5.74) is 1.92. The normalized spacial score (nSPS) is 17.3. The van der Waals surface area contributed by atoms with E-state index in [9.17, 15) is 0 Å². The maximum Gasteiger partial charge on any atom is 0.385 e. The van der Waals surface area contributed by atoms with Crippen LogP contribution >= 0.6 is 0 Å². The number of benzene rings is 1. The molecule has 0 unspecified atom stereocenters. The summed E-state index contributed by atoms with van der Waals surface area (Å²) in [6.45, 7) is 3.45. The lowest BCUT2D eigenvalue weighted by molar-refractivity contribution is 0.221. The molecular weight excluding hydrogens is 186 g/mol. The van der Waals surface area contributed by atoms with Gasteiger partial charge in [0.1, 0.15) is 0 Å². The van der Waals surface area contributed by atoms with Crippen molar-refractivity contribution in [3.05, 3.63) is 34.8 Å². The minimum absolute atomic E-state index is 0.623. The molecule has 1 aliphatic rings. The molecule has 0 aromatic heterocycles. The van der Waals surface area contributed by atoms with E-state index in [1.807, 2.05) is 24.3 Å². The van der Waals surface area contributed by atoms with Crippen molar-refractivity contribution in [2.45, 2.75) is 25.8 Å². The van der Waals surface area contributed by atoms with Gasteiger partial charge in [-0.05, 0) is 43.6 Å².